The highest BCUT2D eigenvalue weighted by Gasteiger charge is 2.34. The number of hydrogen-bond acceptors (Lipinski definition) is 6. The van der Waals surface area contributed by atoms with Crippen molar-refractivity contribution in [1.82, 2.24) is 4.90 Å². The number of carboxylic acids is 1. The Morgan fingerprint density at radius 1 is 1.19 bits per heavy atom. The second-order valence-electron chi connectivity index (χ2n) is 7.38. The van der Waals surface area contributed by atoms with Gasteiger partial charge < -0.3 is 19.6 Å². The van der Waals surface area contributed by atoms with Crippen molar-refractivity contribution in [1.29, 1.82) is 0 Å². The van der Waals surface area contributed by atoms with Crippen LogP contribution in [0.25, 0.3) is 0 Å². The molecular weight excluding hydrogens is 414 g/mol. The first-order chi connectivity index (χ1) is 15.3. The minimum Gasteiger partial charge on any atom is -0.497 e. The van der Waals surface area contributed by atoms with Gasteiger partial charge in [0.05, 0.1) is 17.6 Å². The van der Waals surface area contributed by atoms with Crippen molar-refractivity contribution in [2.24, 2.45) is 0 Å². The number of aromatic carboxylic acids is 1. The summed E-state index contributed by atoms with van der Waals surface area (Å²) in [5, 5.41) is 20.7. The SMILES string of the molecule is CC[C@H]1C(=O)N(CCCc2ccc(OC)cc2)C=CN1c1ccc(C(=O)O)cc1[N+](=O)[O-]. The molecule has 1 atom stereocenters. The largest absolute Gasteiger partial charge is 0.497 e. The van der Waals surface area contributed by atoms with Crippen LogP contribution >= 0.6 is 0 Å². The number of carbonyl (C=O) groups excluding carboxylic acids is 1. The smallest absolute Gasteiger partial charge is 0.335 e. The summed E-state index contributed by atoms with van der Waals surface area (Å²) in [4.78, 5) is 38.4. The lowest BCUT2D eigenvalue weighted by molar-refractivity contribution is -0.384. The number of nitrogens with zero attached hydrogens (tertiary/aromatic N) is 3. The lowest BCUT2D eigenvalue weighted by Gasteiger charge is -2.36. The first-order valence-corrected chi connectivity index (χ1v) is 10.3. The van der Waals surface area contributed by atoms with Crippen molar-refractivity contribution in [2.45, 2.75) is 32.2 Å². The maximum absolute atomic E-state index is 13.1. The van der Waals surface area contributed by atoms with Gasteiger partial charge in [-0.3, -0.25) is 14.9 Å². The van der Waals surface area contributed by atoms with E-state index in [4.69, 9.17) is 9.84 Å². The maximum atomic E-state index is 13.1. The molecule has 0 aromatic heterocycles. The molecule has 2 aromatic carbocycles. The van der Waals surface area contributed by atoms with Crippen molar-refractivity contribution >= 4 is 23.3 Å². The van der Waals surface area contributed by atoms with Gasteiger partial charge in [0.25, 0.3) is 5.69 Å². The summed E-state index contributed by atoms with van der Waals surface area (Å²) in [6.07, 6.45) is 5.26. The maximum Gasteiger partial charge on any atom is 0.335 e. The molecule has 0 radical (unpaired) electrons. The fraction of sp³-hybridized carbons (Fsp3) is 0.304. The number of amides is 1. The molecule has 32 heavy (non-hydrogen) atoms. The molecule has 3 rings (SSSR count). The molecule has 1 aliphatic rings. The number of nitro groups is 1. The Morgan fingerprint density at radius 2 is 1.91 bits per heavy atom. The molecule has 0 fully saturated rings. The molecule has 1 heterocycles. The second-order valence-corrected chi connectivity index (χ2v) is 7.38. The quantitative estimate of drug-likeness (QED) is 0.466. The highest BCUT2D eigenvalue weighted by Crippen LogP contribution is 2.33. The fourth-order valence-corrected chi connectivity index (χ4v) is 3.71. The summed E-state index contributed by atoms with van der Waals surface area (Å²) < 4.78 is 5.16. The number of ether oxygens (including phenoxy) is 1. The Morgan fingerprint density at radius 3 is 2.50 bits per heavy atom. The first kappa shape index (κ1) is 22.8. The first-order valence-electron chi connectivity index (χ1n) is 10.3. The van der Waals surface area contributed by atoms with Crippen LogP contribution < -0.4 is 9.64 Å². The van der Waals surface area contributed by atoms with Gasteiger partial charge in [0.2, 0.25) is 5.91 Å². The van der Waals surface area contributed by atoms with Gasteiger partial charge in [-0.25, -0.2) is 4.79 Å². The molecule has 0 spiro atoms. The minimum absolute atomic E-state index is 0.152. The molecule has 9 nitrogen and oxygen atoms in total. The Bertz CT molecular complexity index is 1030. The van der Waals surface area contributed by atoms with Crippen molar-refractivity contribution in [3.8, 4) is 5.75 Å². The number of nitro benzene ring substituents is 1. The number of rotatable bonds is 9. The second kappa shape index (κ2) is 9.95. The number of carbonyl (C=O) groups is 2. The van der Waals surface area contributed by atoms with Crippen LogP contribution in [-0.4, -0.2) is 46.5 Å². The molecule has 2 aromatic rings. The van der Waals surface area contributed by atoms with E-state index in [-0.39, 0.29) is 22.8 Å². The van der Waals surface area contributed by atoms with E-state index in [2.05, 4.69) is 0 Å². The van der Waals surface area contributed by atoms with E-state index in [1.54, 1.807) is 29.3 Å². The van der Waals surface area contributed by atoms with Gasteiger partial charge in [0.15, 0.2) is 0 Å². The molecule has 0 saturated carbocycles. The van der Waals surface area contributed by atoms with Crippen LogP contribution in [-0.2, 0) is 11.2 Å². The monoisotopic (exact) mass is 439 g/mol. The number of hydrogen-bond donors (Lipinski definition) is 1. The molecule has 1 N–H and O–H groups in total. The summed E-state index contributed by atoms with van der Waals surface area (Å²) in [5.41, 5.74) is 0.797. The normalized spacial score (nSPS) is 15.7. The van der Waals surface area contributed by atoms with Crippen molar-refractivity contribution in [2.75, 3.05) is 18.6 Å². The predicted molar refractivity (Wildman–Crippen MR) is 119 cm³/mol. The number of aryl methyl sites for hydroxylation is 1. The zero-order valence-electron chi connectivity index (χ0n) is 17.9. The zero-order valence-corrected chi connectivity index (χ0v) is 17.9. The summed E-state index contributed by atoms with van der Waals surface area (Å²) >= 11 is 0. The van der Waals surface area contributed by atoms with E-state index in [9.17, 15) is 19.7 Å². The number of methoxy groups -OCH3 is 1. The third-order valence-corrected chi connectivity index (χ3v) is 5.42. The molecule has 0 unspecified atom stereocenters. The number of benzene rings is 2. The molecule has 0 aliphatic carbocycles. The number of anilines is 1. The van der Waals surface area contributed by atoms with E-state index < -0.39 is 16.9 Å². The molecule has 168 valence electrons. The molecular formula is C23H25N3O6. The third-order valence-electron chi connectivity index (χ3n) is 5.42. The fourth-order valence-electron chi connectivity index (χ4n) is 3.71. The Labute approximate surface area is 185 Å². The minimum atomic E-state index is -1.25. The highest BCUT2D eigenvalue weighted by atomic mass is 16.6. The average molecular weight is 439 g/mol. The average Bonchev–Trinajstić information content (AvgIpc) is 2.79. The van der Waals surface area contributed by atoms with Gasteiger partial charge in [-0.05, 0) is 49.1 Å². The van der Waals surface area contributed by atoms with E-state index in [1.165, 1.54) is 12.1 Å². The molecule has 1 amide bonds. The van der Waals surface area contributed by atoms with E-state index in [0.29, 0.717) is 13.0 Å². The summed E-state index contributed by atoms with van der Waals surface area (Å²) in [7, 11) is 1.62. The molecule has 9 heteroatoms. The van der Waals surface area contributed by atoms with Gasteiger partial charge in [-0.1, -0.05) is 19.1 Å². The topological polar surface area (TPSA) is 113 Å². The van der Waals surface area contributed by atoms with Gasteiger partial charge in [0, 0.05) is 25.0 Å². The van der Waals surface area contributed by atoms with E-state index >= 15 is 0 Å². The lowest BCUT2D eigenvalue weighted by atomic mass is 10.1. The third kappa shape index (κ3) is 4.88. The predicted octanol–water partition coefficient (Wildman–Crippen LogP) is 3.83. The van der Waals surface area contributed by atoms with Gasteiger partial charge in [0.1, 0.15) is 17.5 Å². The lowest BCUT2D eigenvalue weighted by Crippen LogP contribution is -2.49. The molecule has 0 bridgehead atoms. The number of carboxylic acid groups (broad SMARTS) is 1. The van der Waals surface area contributed by atoms with Crippen LogP contribution in [0.3, 0.4) is 0 Å². The van der Waals surface area contributed by atoms with Crippen molar-refractivity contribution < 1.29 is 24.4 Å². The van der Waals surface area contributed by atoms with Crippen LogP contribution in [0.15, 0.2) is 54.9 Å². The van der Waals surface area contributed by atoms with E-state index in [0.717, 1.165) is 30.2 Å². The van der Waals surface area contributed by atoms with Gasteiger partial charge >= 0.3 is 5.97 Å². The van der Waals surface area contributed by atoms with Gasteiger partial charge in [-0.2, -0.15) is 0 Å². The Kier molecular flexibility index (Phi) is 7.09. The van der Waals surface area contributed by atoms with E-state index in [1.807, 2.05) is 31.2 Å². The zero-order chi connectivity index (χ0) is 23.3. The van der Waals surface area contributed by atoms with Crippen molar-refractivity contribution in [3.63, 3.8) is 0 Å². The Hall–Kier alpha value is -3.88. The Balaban J connectivity index is 1.75. The molecule has 0 saturated heterocycles. The van der Waals surface area contributed by atoms with Crippen LogP contribution in [0.1, 0.15) is 35.7 Å². The summed E-state index contributed by atoms with van der Waals surface area (Å²) in [6.45, 7) is 2.35. The van der Waals surface area contributed by atoms with Crippen LogP contribution in [0.4, 0.5) is 11.4 Å². The summed E-state index contributed by atoms with van der Waals surface area (Å²) in [5.74, 6) is -0.611. The van der Waals surface area contributed by atoms with Crippen molar-refractivity contribution in [3.05, 3.63) is 76.1 Å². The highest BCUT2D eigenvalue weighted by molar-refractivity contribution is 5.92. The van der Waals surface area contributed by atoms with Crippen LogP contribution in [0.2, 0.25) is 0 Å². The standard InChI is InChI=1S/C23H25N3O6/c1-3-19-22(27)24(12-4-5-16-6-9-18(32-2)10-7-16)13-14-25(19)20-11-8-17(23(28)29)15-21(20)26(30)31/h6-11,13-15,19H,3-5,12H2,1-2H3,(H,28,29)/t19-/m0/s1. The van der Waals surface area contributed by atoms with Crippen LogP contribution in [0.5, 0.6) is 5.75 Å². The molecule has 1 aliphatic heterocycles. The van der Waals surface area contributed by atoms with Crippen LogP contribution in [0, 0.1) is 10.1 Å². The van der Waals surface area contributed by atoms with Gasteiger partial charge in [-0.15, -0.1) is 0 Å². The summed E-state index contributed by atoms with van der Waals surface area (Å²) in [6, 6.07) is 10.9.